The lowest BCUT2D eigenvalue weighted by Gasteiger charge is -2.19. The van der Waals surface area contributed by atoms with E-state index in [0.29, 0.717) is 6.04 Å². The highest BCUT2D eigenvalue weighted by Crippen LogP contribution is 2.13. The maximum absolute atomic E-state index is 12.7. The van der Waals surface area contributed by atoms with Crippen molar-refractivity contribution in [2.45, 2.75) is 39.3 Å². The van der Waals surface area contributed by atoms with E-state index < -0.39 is 0 Å². The zero-order valence-corrected chi connectivity index (χ0v) is 9.05. The summed E-state index contributed by atoms with van der Waals surface area (Å²) in [6.07, 6.45) is 1.10. The molecule has 0 aromatic heterocycles. The summed E-state index contributed by atoms with van der Waals surface area (Å²) >= 11 is 0. The van der Waals surface area contributed by atoms with Crippen LogP contribution in [0.5, 0.6) is 0 Å². The van der Waals surface area contributed by atoms with Gasteiger partial charge in [-0.15, -0.1) is 0 Å². The van der Waals surface area contributed by atoms with Gasteiger partial charge in [-0.25, -0.2) is 4.39 Å². The van der Waals surface area contributed by atoms with Crippen LogP contribution in [0.15, 0.2) is 24.3 Å². The molecule has 14 heavy (non-hydrogen) atoms. The highest BCUT2D eigenvalue weighted by Gasteiger charge is 2.07. The normalized spacial score (nSPS) is 15.1. The molecule has 0 saturated heterocycles. The predicted octanol–water partition coefficient (Wildman–Crippen LogP) is 3.27. The molecule has 0 aliphatic carbocycles. The molecule has 0 bridgehead atoms. The first-order chi connectivity index (χ1) is 6.63. The van der Waals surface area contributed by atoms with Crippen LogP contribution in [0, 0.1) is 5.82 Å². The van der Waals surface area contributed by atoms with E-state index in [9.17, 15) is 4.39 Å². The Kier molecular flexibility index (Phi) is 4.08. The van der Waals surface area contributed by atoms with Crippen LogP contribution in [0.3, 0.4) is 0 Å². The number of nitrogens with one attached hydrogen (secondary N) is 1. The number of hydrogen-bond acceptors (Lipinski definition) is 1. The molecule has 1 aromatic rings. The number of rotatable bonds is 4. The topological polar surface area (TPSA) is 12.0 Å². The first kappa shape index (κ1) is 11.2. The van der Waals surface area contributed by atoms with E-state index in [1.165, 1.54) is 12.1 Å². The smallest absolute Gasteiger partial charge is 0.123 e. The van der Waals surface area contributed by atoms with Gasteiger partial charge in [0, 0.05) is 12.1 Å². The highest BCUT2D eigenvalue weighted by molar-refractivity contribution is 5.19. The average Bonchev–Trinajstić information content (AvgIpc) is 2.18. The molecule has 0 spiro atoms. The molecular formula is C12H18FN. The van der Waals surface area contributed by atoms with Gasteiger partial charge in [-0.1, -0.05) is 19.1 Å². The quantitative estimate of drug-likeness (QED) is 0.777. The van der Waals surface area contributed by atoms with Gasteiger partial charge in [0.25, 0.3) is 0 Å². The molecule has 1 aromatic carbocycles. The Labute approximate surface area is 85.3 Å². The second kappa shape index (κ2) is 5.11. The molecule has 0 heterocycles. The molecule has 0 amide bonds. The summed E-state index contributed by atoms with van der Waals surface area (Å²) in [7, 11) is 0. The molecule has 2 unspecified atom stereocenters. The fourth-order valence-electron chi connectivity index (χ4n) is 1.39. The van der Waals surface area contributed by atoms with Crippen LogP contribution in [0.4, 0.5) is 4.39 Å². The van der Waals surface area contributed by atoms with Gasteiger partial charge in [0.2, 0.25) is 0 Å². The second-order valence-electron chi connectivity index (χ2n) is 3.75. The fourth-order valence-corrected chi connectivity index (χ4v) is 1.39. The predicted molar refractivity (Wildman–Crippen MR) is 57.7 cm³/mol. The molecule has 1 rings (SSSR count). The SMILES string of the molecule is CCC(C)NC(C)c1ccc(F)cc1. The maximum atomic E-state index is 12.7. The van der Waals surface area contributed by atoms with Crippen LogP contribution in [0.1, 0.15) is 38.8 Å². The summed E-state index contributed by atoms with van der Waals surface area (Å²) in [6.45, 7) is 6.40. The van der Waals surface area contributed by atoms with Gasteiger partial charge in [-0.05, 0) is 38.0 Å². The summed E-state index contributed by atoms with van der Waals surface area (Å²) in [5, 5.41) is 3.44. The van der Waals surface area contributed by atoms with Gasteiger partial charge < -0.3 is 5.32 Å². The first-order valence-electron chi connectivity index (χ1n) is 5.15. The van der Waals surface area contributed by atoms with Crippen molar-refractivity contribution in [2.75, 3.05) is 0 Å². The molecule has 1 N–H and O–H groups in total. The van der Waals surface area contributed by atoms with Crippen molar-refractivity contribution < 1.29 is 4.39 Å². The van der Waals surface area contributed by atoms with Crippen molar-refractivity contribution in [3.8, 4) is 0 Å². The van der Waals surface area contributed by atoms with Gasteiger partial charge in [0.1, 0.15) is 5.82 Å². The van der Waals surface area contributed by atoms with E-state index in [2.05, 4.69) is 26.1 Å². The number of hydrogen-bond donors (Lipinski definition) is 1. The summed E-state index contributed by atoms with van der Waals surface area (Å²) < 4.78 is 12.7. The zero-order chi connectivity index (χ0) is 10.6. The van der Waals surface area contributed by atoms with Crippen LogP contribution in [0.2, 0.25) is 0 Å². The van der Waals surface area contributed by atoms with Gasteiger partial charge in [-0.2, -0.15) is 0 Å². The van der Waals surface area contributed by atoms with Gasteiger partial charge >= 0.3 is 0 Å². The Morgan fingerprint density at radius 2 is 1.79 bits per heavy atom. The molecule has 2 atom stereocenters. The van der Waals surface area contributed by atoms with E-state index in [4.69, 9.17) is 0 Å². The summed E-state index contributed by atoms with van der Waals surface area (Å²) in [6, 6.07) is 7.44. The minimum Gasteiger partial charge on any atom is -0.308 e. The zero-order valence-electron chi connectivity index (χ0n) is 9.05. The molecular weight excluding hydrogens is 177 g/mol. The summed E-state index contributed by atoms with van der Waals surface area (Å²) in [5.41, 5.74) is 1.13. The Morgan fingerprint density at radius 1 is 1.21 bits per heavy atom. The molecule has 0 saturated carbocycles. The number of benzene rings is 1. The van der Waals surface area contributed by atoms with Crippen molar-refractivity contribution in [3.05, 3.63) is 35.6 Å². The van der Waals surface area contributed by atoms with Gasteiger partial charge in [0.05, 0.1) is 0 Å². The summed E-state index contributed by atoms with van der Waals surface area (Å²) in [4.78, 5) is 0. The molecule has 0 radical (unpaired) electrons. The average molecular weight is 195 g/mol. The Hall–Kier alpha value is -0.890. The molecule has 78 valence electrons. The highest BCUT2D eigenvalue weighted by atomic mass is 19.1. The Morgan fingerprint density at radius 3 is 2.29 bits per heavy atom. The van der Waals surface area contributed by atoms with E-state index in [1.54, 1.807) is 0 Å². The van der Waals surface area contributed by atoms with Crippen molar-refractivity contribution in [1.82, 2.24) is 5.32 Å². The van der Waals surface area contributed by atoms with E-state index in [-0.39, 0.29) is 11.9 Å². The molecule has 2 heteroatoms. The molecule has 0 fully saturated rings. The number of halogens is 1. The van der Waals surface area contributed by atoms with Crippen LogP contribution in [-0.4, -0.2) is 6.04 Å². The third-order valence-corrected chi connectivity index (χ3v) is 2.52. The van der Waals surface area contributed by atoms with E-state index in [0.717, 1.165) is 12.0 Å². The van der Waals surface area contributed by atoms with Crippen molar-refractivity contribution in [1.29, 1.82) is 0 Å². The third-order valence-electron chi connectivity index (χ3n) is 2.52. The second-order valence-corrected chi connectivity index (χ2v) is 3.75. The minimum atomic E-state index is -0.176. The largest absolute Gasteiger partial charge is 0.308 e. The van der Waals surface area contributed by atoms with Crippen LogP contribution < -0.4 is 5.32 Å². The fraction of sp³-hybridized carbons (Fsp3) is 0.500. The van der Waals surface area contributed by atoms with Crippen LogP contribution in [0.25, 0.3) is 0 Å². The first-order valence-corrected chi connectivity index (χ1v) is 5.15. The minimum absolute atomic E-state index is 0.176. The molecule has 1 nitrogen and oxygen atoms in total. The van der Waals surface area contributed by atoms with Gasteiger partial charge in [0.15, 0.2) is 0 Å². The standard InChI is InChI=1S/C12H18FN/c1-4-9(2)14-10(3)11-5-7-12(13)8-6-11/h5-10,14H,4H2,1-3H3. The molecule has 0 aliphatic heterocycles. The Bertz CT molecular complexity index is 268. The van der Waals surface area contributed by atoms with Crippen LogP contribution >= 0.6 is 0 Å². The van der Waals surface area contributed by atoms with Crippen molar-refractivity contribution in [2.24, 2.45) is 0 Å². The third kappa shape index (κ3) is 3.11. The van der Waals surface area contributed by atoms with Crippen molar-refractivity contribution in [3.63, 3.8) is 0 Å². The lowest BCUT2D eigenvalue weighted by molar-refractivity contribution is 0.469. The maximum Gasteiger partial charge on any atom is 0.123 e. The Balaban J connectivity index is 2.60. The lowest BCUT2D eigenvalue weighted by atomic mass is 10.1. The van der Waals surface area contributed by atoms with Crippen LogP contribution in [-0.2, 0) is 0 Å². The van der Waals surface area contributed by atoms with Crippen molar-refractivity contribution >= 4 is 0 Å². The van der Waals surface area contributed by atoms with E-state index in [1.807, 2.05) is 12.1 Å². The van der Waals surface area contributed by atoms with E-state index >= 15 is 0 Å². The summed E-state index contributed by atoms with van der Waals surface area (Å²) in [5.74, 6) is -0.176. The lowest BCUT2D eigenvalue weighted by Crippen LogP contribution is -2.28. The monoisotopic (exact) mass is 195 g/mol. The van der Waals surface area contributed by atoms with Gasteiger partial charge in [-0.3, -0.25) is 0 Å². The molecule has 0 aliphatic rings.